The Morgan fingerprint density at radius 1 is 1.77 bits per heavy atom. The van der Waals surface area contributed by atoms with Crippen molar-refractivity contribution in [3.8, 4) is 6.19 Å². The lowest BCUT2D eigenvalue weighted by Gasteiger charge is -2.20. The number of nitrogens with zero attached hydrogens (tertiary/aromatic N) is 2. The number of nitrogens with one attached hydrogen (secondary N) is 1. The van der Waals surface area contributed by atoms with Gasteiger partial charge in [0.25, 0.3) is 0 Å². The van der Waals surface area contributed by atoms with E-state index < -0.39 is 0 Å². The minimum Gasteiger partial charge on any atom is -0.320 e. The Morgan fingerprint density at radius 2 is 2.54 bits per heavy atom. The van der Waals surface area contributed by atoms with Gasteiger partial charge in [-0.15, -0.1) is 0 Å². The molecule has 1 aliphatic rings. The molecule has 13 heavy (non-hydrogen) atoms. The average molecular weight is 181 g/mol. The first kappa shape index (κ1) is 10.0. The van der Waals surface area contributed by atoms with E-state index in [1.165, 1.54) is 0 Å². The van der Waals surface area contributed by atoms with Crippen LogP contribution in [0.15, 0.2) is 0 Å². The highest BCUT2D eigenvalue weighted by atomic mass is 16.1. The molecule has 1 atom stereocenters. The van der Waals surface area contributed by atoms with Crippen molar-refractivity contribution in [1.29, 1.82) is 5.26 Å². The molecule has 0 amide bonds. The second-order valence-corrected chi connectivity index (χ2v) is 3.61. The van der Waals surface area contributed by atoms with Crippen molar-refractivity contribution in [2.45, 2.75) is 12.8 Å². The van der Waals surface area contributed by atoms with Crippen LogP contribution in [0.25, 0.3) is 0 Å². The van der Waals surface area contributed by atoms with Gasteiger partial charge < -0.3 is 15.0 Å². The summed E-state index contributed by atoms with van der Waals surface area (Å²) in [6.07, 6.45) is 4.73. The molecule has 1 unspecified atom stereocenters. The van der Waals surface area contributed by atoms with E-state index >= 15 is 0 Å². The van der Waals surface area contributed by atoms with Crippen LogP contribution in [0.4, 0.5) is 0 Å². The third-order valence-corrected chi connectivity index (χ3v) is 2.65. The van der Waals surface area contributed by atoms with E-state index in [-0.39, 0.29) is 5.41 Å². The SMILES string of the molecule is CNCCC1(C=O)CCN(C#N)C1. The molecule has 0 aromatic heterocycles. The molecular formula is C9H15N3O. The first-order valence-electron chi connectivity index (χ1n) is 4.52. The van der Waals surface area contributed by atoms with E-state index in [1.54, 1.807) is 4.90 Å². The molecule has 0 aliphatic carbocycles. The highest BCUT2D eigenvalue weighted by molar-refractivity contribution is 5.60. The van der Waals surface area contributed by atoms with Gasteiger partial charge in [0.1, 0.15) is 6.29 Å². The molecule has 1 rings (SSSR count). The molecule has 1 saturated heterocycles. The number of hydrogen-bond acceptors (Lipinski definition) is 4. The summed E-state index contributed by atoms with van der Waals surface area (Å²) in [7, 11) is 1.87. The molecule has 0 radical (unpaired) electrons. The molecule has 1 aliphatic heterocycles. The largest absolute Gasteiger partial charge is 0.320 e. The van der Waals surface area contributed by atoms with Crippen molar-refractivity contribution in [2.75, 3.05) is 26.7 Å². The van der Waals surface area contributed by atoms with Crippen LogP contribution in [-0.2, 0) is 4.79 Å². The van der Waals surface area contributed by atoms with Crippen molar-refractivity contribution in [3.05, 3.63) is 0 Å². The Balaban J connectivity index is 2.53. The van der Waals surface area contributed by atoms with Crippen LogP contribution >= 0.6 is 0 Å². The average Bonchev–Trinajstić information content (AvgIpc) is 2.59. The minimum atomic E-state index is -0.279. The van der Waals surface area contributed by atoms with E-state index in [2.05, 4.69) is 11.5 Å². The van der Waals surface area contributed by atoms with Gasteiger partial charge in [0.05, 0.1) is 0 Å². The maximum absolute atomic E-state index is 10.9. The summed E-state index contributed by atoms with van der Waals surface area (Å²) in [6.45, 7) is 2.14. The number of carbonyl (C=O) groups is 1. The highest BCUT2D eigenvalue weighted by Gasteiger charge is 2.37. The number of rotatable bonds is 4. The summed E-state index contributed by atoms with van der Waals surface area (Å²) in [6, 6.07) is 0. The van der Waals surface area contributed by atoms with Gasteiger partial charge in [-0.25, -0.2) is 0 Å². The van der Waals surface area contributed by atoms with E-state index in [9.17, 15) is 4.79 Å². The molecule has 1 fully saturated rings. The third-order valence-electron chi connectivity index (χ3n) is 2.65. The summed E-state index contributed by atoms with van der Waals surface area (Å²) in [5.74, 6) is 0. The van der Waals surface area contributed by atoms with Crippen LogP contribution in [0.3, 0.4) is 0 Å². The Kier molecular flexibility index (Phi) is 3.26. The third kappa shape index (κ3) is 2.19. The first-order chi connectivity index (χ1) is 6.26. The van der Waals surface area contributed by atoms with E-state index in [0.717, 1.165) is 32.2 Å². The van der Waals surface area contributed by atoms with Gasteiger partial charge in [-0.3, -0.25) is 0 Å². The fourth-order valence-electron chi connectivity index (χ4n) is 1.71. The highest BCUT2D eigenvalue weighted by Crippen LogP contribution is 2.30. The second-order valence-electron chi connectivity index (χ2n) is 3.61. The van der Waals surface area contributed by atoms with Gasteiger partial charge in [0, 0.05) is 18.5 Å². The lowest BCUT2D eigenvalue weighted by atomic mass is 9.85. The number of aldehydes is 1. The summed E-state index contributed by atoms with van der Waals surface area (Å²) in [4.78, 5) is 12.6. The molecule has 0 aromatic rings. The topological polar surface area (TPSA) is 56.1 Å². The molecule has 4 nitrogen and oxygen atoms in total. The maximum Gasteiger partial charge on any atom is 0.179 e. The van der Waals surface area contributed by atoms with Crippen molar-refractivity contribution >= 4 is 6.29 Å². The Labute approximate surface area is 78.5 Å². The molecule has 1 heterocycles. The number of likely N-dealkylation sites (tertiary alicyclic amines) is 1. The van der Waals surface area contributed by atoms with Gasteiger partial charge >= 0.3 is 0 Å². The predicted octanol–water partition coefficient (Wildman–Crippen LogP) is -0.0320. The zero-order valence-electron chi connectivity index (χ0n) is 7.92. The van der Waals surface area contributed by atoms with Crippen LogP contribution in [-0.4, -0.2) is 37.9 Å². The quantitative estimate of drug-likeness (QED) is 0.488. The Bertz CT molecular complexity index is 223. The fourth-order valence-corrected chi connectivity index (χ4v) is 1.71. The van der Waals surface area contributed by atoms with E-state index in [4.69, 9.17) is 5.26 Å². The van der Waals surface area contributed by atoms with E-state index in [1.807, 2.05) is 7.05 Å². The van der Waals surface area contributed by atoms with Gasteiger partial charge in [-0.1, -0.05) is 0 Å². The van der Waals surface area contributed by atoms with Gasteiger partial charge in [0.2, 0.25) is 0 Å². The Morgan fingerprint density at radius 3 is 3.00 bits per heavy atom. The van der Waals surface area contributed by atoms with Crippen LogP contribution in [0.2, 0.25) is 0 Å². The zero-order chi connectivity index (χ0) is 9.73. The lowest BCUT2D eigenvalue weighted by Crippen LogP contribution is -2.30. The summed E-state index contributed by atoms with van der Waals surface area (Å²) in [5.41, 5.74) is -0.279. The molecule has 0 bridgehead atoms. The molecule has 4 heteroatoms. The monoisotopic (exact) mass is 181 g/mol. The first-order valence-corrected chi connectivity index (χ1v) is 4.52. The van der Waals surface area contributed by atoms with Crippen LogP contribution in [0, 0.1) is 16.9 Å². The summed E-state index contributed by atoms with van der Waals surface area (Å²) >= 11 is 0. The predicted molar refractivity (Wildman–Crippen MR) is 48.8 cm³/mol. The smallest absolute Gasteiger partial charge is 0.179 e. The van der Waals surface area contributed by atoms with E-state index in [0.29, 0.717) is 6.54 Å². The lowest BCUT2D eigenvalue weighted by molar-refractivity contribution is -0.115. The Hall–Kier alpha value is -1.08. The van der Waals surface area contributed by atoms with Crippen LogP contribution in [0.5, 0.6) is 0 Å². The maximum atomic E-state index is 10.9. The van der Waals surface area contributed by atoms with Gasteiger partial charge in [0.15, 0.2) is 6.19 Å². The van der Waals surface area contributed by atoms with Gasteiger partial charge in [-0.2, -0.15) is 5.26 Å². The van der Waals surface area contributed by atoms with Crippen molar-refractivity contribution in [1.82, 2.24) is 10.2 Å². The molecule has 72 valence electrons. The van der Waals surface area contributed by atoms with Gasteiger partial charge in [-0.05, 0) is 26.4 Å². The second kappa shape index (κ2) is 4.24. The van der Waals surface area contributed by atoms with Crippen LogP contribution < -0.4 is 5.32 Å². The number of hydrogen-bond donors (Lipinski definition) is 1. The van der Waals surface area contributed by atoms with Crippen molar-refractivity contribution in [3.63, 3.8) is 0 Å². The summed E-state index contributed by atoms with van der Waals surface area (Å²) < 4.78 is 0. The number of nitriles is 1. The standard InChI is InChI=1S/C9H15N3O/c1-11-4-2-9(7-13)3-5-12(6-9)8-10/h7,11H,2-6H2,1H3. The molecule has 0 spiro atoms. The molecule has 0 saturated carbocycles. The molecular weight excluding hydrogens is 166 g/mol. The number of carbonyl (C=O) groups excluding carboxylic acids is 1. The minimum absolute atomic E-state index is 0.279. The zero-order valence-corrected chi connectivity index (χ0v) is 7.92. The summed E-state index contributed by atoms with van der Waals surface area (Å²) in [5, 5.41) is 11.7. The van der Waals surface area contributed by atoms with Crippen LogP contribution in [0.1, 0.15) is 12.8 Å². The van der Waals surface area contributed by atoms with Crippen molar-refractivity contribution in [2.24, 2.45) is 5.41 Å². The van der Waals surface area contributed by atoms with Crippen molar-refractivity contribution < 1.29 is 4.79 Å². The molecule has 1 N–H and O–H groups in total. The fraction of sp³-hybridized carbons (Fsp3) is 0.778. The molecule has 0 aromatic carbocycles. The normalized spacial score (nSPS) is 27.2.